The number of esters is 2. The molecule has 12 heteroatoms. The van der Waals surface area contributed by atoms with Gasteiger partial charge in [0.2, 0.25) is 5.60 Å². The van der Waals surface area contributed by atoms with Gasteiger partial charge in [-0.15, -0.1) is 0 Å². The number of carbonyl (C=O) groups is 2. The maximum Gasteiger partial charge on any atom is 0.449 e. The number of alkyl halides is 5. The van der Waals surface area contributed by atoms with Crippen molar-refractivity contribution in [3.8, 4) is 0 Å². The van der Waals surface area contributed by atoms with E-state index in [-0.39, 0.29) is 18.0 Å². The third kappa shape index (κ3) is 5.61. The summed E-state index contributed by atoms with van der Waals surface area (Å²) in [7, 11) is 0. The highest BCUT2D eigenvalue weighted by molar-refractivity contribution is 5.77. The molecule has 5 aliphatic rings. The zero-order chi connectivity index (χ0) is 30.8. The van der Waals surface area contributed by atoms with Crippen LogP contribution in [0.2, 0.25) is 0 Å². The van der Waals surface area contributed by atoms with Crippen molar-refractivity contribution in [3.05, 3.63) is 0 Å². The van der Waals surface area contributed by atoms with Gasteiger partial charge in [-0.05, 0) is 91.4 Å². The molecule has 0 spiro atoms. The van der Waals surface area contributed by atoms with Crippen molar-refractivity contribution in [2.24, 2.45) is 22.7 Å². The van der Waals surface area contributed by atoms with Crippen molar-refractivity contribution in [1.29, 1.82) is 0 Å². The molecular formula is C28H43F5O7. The third-order valence-electron chi connectivity index (χ3n) is 9.51. The quantitative estimate of drug-likeness (QED) is 0.305. The predicted molar refractivity (Wildman–Crippen MR) is 133 cm³/mol. The molecular weight excluding hydrogens is 543 g/mol. The zero-order valence-electron chi connectivity index (χ0n) is 24.3. The van der Waals surface area contributed by atoms with E-state index < -0.39 is 52.5 Å². The summed E-state index contributed by atoms with van der Waals surface area (Å²) in [4.78, 5) is 24.2. The van der Waals surface area contributed by atoms with Crippen LogP contribution >= 0.6 is 0 Å². The van der Waals surface area contributed by atoms with E-state index in [4.69, 9.17) is 4.74 Å². The molecule has 4 bridgehead atoms. The van der Waals surface area contributed by atoms with E-state index in [1.165, 1.54) is 20.3 Å². The Morgan fingerprint density at radius 3 is 1.70 bits per heavy atom. The molecule has 0 aromatic heterocycles. The van der Waals surface area contributed by atoms with Crippen LogP contribution in [0.25, 0.3) is 0 Å². The predicted octanol–water partition coefficient (Wildman–Crippen LogP) is 5.69. The van der Waals surface area contributed by atoms with Crippen molar-refractivity contribution in [1.82, 2.24) is 0 Å². The van der Waals surface area contributed by atoms with Crippen LogP contribution in [0.3, 0.4) is 0 Å². The van der Waals surface area contributed by atoms with Crippen LogP contribution in [0.1, 0.15) is 99.8 Å². The number of carbonyl (C=O) groups excluding carboxylic acids is 2. The second-order valence-corrected chi connectivity index (χ2v) is 13.9. The maximum atomic E-state index is 14.0. The molecule has 0 radical (unpaired) electrons. The Morgan fingerprint density at radius 2 is 1.32 bits per heavy atom. The molecule has 5 rings (SSSR count). The van der Waals surface area contributed by atoms with Crippen LogP contribution < -0.4 is 0 Å². The summed E-state index contributed by atoms with van der Waals surface area (Å²) in [6, 6.07) is 0. The molecule has 1 aliphatic heterocycles. The van der Waals surface area contributed by atoms with E-state index in [1.807, 2.05) is 20.8 Å². The molecule has 4 saturated carbocycles. The van der Waals surface area contributed by atoms with Crippen LogP contribution in [-0.2, 0) is 23.8 Å². The Kier molecular flexibility index (Phi) is 8.27. The van der Waals surface area contributed by atoms with Gasteiger partial charge < -0.3 is 24.4 Å². The first kappa shape index (κ1) is 33.0. The molecule has 0 aromatic rings. The molecule has 4 unspecified atom stereocenters. The number of aliphatic hydroxyl groups is 2. The molecule has 232 valence electrons. The summed E-state index contributed by atoms with van der Waals surface area (Å²) < 4.78 is 80.4. The number of hydrogen-bond acceptors (Lipinski definition) is 7. The van der Waals surface area contributed by atoms with Crippen LogP contribution in [0.15, 0.2) is 0 Å². The van der Waals surface area contributed by atoms with Gasteiger partial charge in [-0.3, -0.25) is 9.59 Å². The fourth-order valence-electron chi connectivity index (χ4n) is 6.35. The fraction of sp³-hybridized carbons (Fsp3) is 0.929. The average Bonchev–Trinajstić information content (AvgIpc) is 2.97. The van der Waals surface area contributed by atoms with E-state index in [1.54, 1.807) is 6.92 Å². The van der Waals surface area contributed by atoms with E-state index in [2.05, 4.69) is 9.47 Å². The lowest BCUT2D eigenvalue weighted by Crippen LogP contribution is -2.63. The van der Waals surface area contributed by atoms with Crippen LogP contribution in [-0.4, -0.2) is 63.4 Å². The Morgan fingerprint density at radius 1 is 0.875 bits per heavy atom. The topological polar surface area (TPSA) is 102 Å². The first-order chi connectivity index (χ1) is 17.9. The maximum absolute atomic E-state index is 14.0. The fourth-order valence-corrected chi connectivity index (χ4v) is 6.35. The minimum Gasteiger partial charge on any atom is -0.459 e. The Balaban J connectivity index is 0.000000221. The van der Waals surface area contributed by atoms with Crippen LogP contribution in [0.5, 0.6) is 0 Å². The van der Waals surface area contributed by atoms with Crippen molar-refractivity contribution < 1.29 is 56.0 Å². The minimum atomic E-state index is -5.74. The number of rotatable bonds is 6. The van der Waals surface area contributed by atoms with E-state index in [9.17, 15) is 41.8 Å². The largest absolute Gasteiger partial charge is 0.459 e. The molecule has 5 fully saturated rings. The number of halogens is 5. The van der Waals surface area contributed by atoms with Gasteiger partial charge in [0.05, 0.1) is 23.0 Å². The van der Waals surface area contributed by atoms with Gasteiger partial charge in [-0.1, -0.05) is 13.8 Å². The van der Waals surface area contributed by atoms with E-state index >= 15 is 0 Å². The summed E-state index contributed by atoms with van der Waals surface area (Å²) in [6.07, 6.45) is 0.948. The monoisotopic (exact) mass is 586 g/mol. The Hall–Kier alpha value is -1.53. The van der Waals surface area contributed by atoms with Crippen LogP contribution in [0.4, 0.5) is 22.0 Å². The molecule has 1 saturated heterocycles. The van der Waals surface area contributed by atoms with Crippen molar-refractivity contribution in [3.63, 3.8) is 0 Å². The highest BCUT2D eigenvalue weighted by Gasteiger charge is 2.82. The molecule has 4 atom stereocenters. The molecule has 1 heterocycles. The molecule has 4 aliphatic carbocycles. The normalized spacial score (nSPS) is 38.5. The summed E-state index contributed by atoms with van der Waals surface area (Å²) >= 11 is 0. The Labute approximate surface area is 232 Å². The SMILES string of the molecule is CCC(C)(C)C(=O)OC1(C)COC(O)(C(F)(F)F)C1(F)F.CCC(C)(C)C(=O)OC12CC3CC(CC(O)(C3)C1)C2. The lowest BCUT2D eigenvalue weighted by atomic mass is 9.52. The minimum absolute atomic E-state index is 0.0828. The summed E-state index contributed by atoms with van der Waals surface area (Å²) in [5, 5.41) is 19.8. The van der Waals surface area contributed by atoms with Gasteiger partial charge in [0.1, 0.15) is 5.60 Å². The standard InChI is InChI=1S/C16H26O3.C12H17F5O4/c1-4-14(2,3)13(17)19-16-8-11-5-12(9-16)7-15(18,6-11)10-16;1-5-8(2,3)7(18)21-9(4)6-20-11(19,10(9,13)14)12(15,16)17/h11-12,18H,4-10H2,1-3H3;19H,5-6H2,1-4H3. The number of hydrogen-bond donors (Lipinski definition) is 2. The van der Waals surface area contributed by atoms with Gasteiger partial charge in [-0.2, -0.15) is 22.0 Å². The lowest BCUT2D eigenvalue weighted by molar-refractivity contribution is -0.409. The molecule has 0 amide bonds. The second kappa shape index (κ2) is 10.0. The first-order valence-electron chi connectivity index (χ1n) is 13.9. The van der Waals surface area contributed by atoms with Crippen molar-refractivity contribution in [2.45, 2.75) is 135 Å². The van der Waals surface area contributed by atoms with Crippen molar-refractivity contribution in [2.75, 3.05) is 6.61 Å². The summed E-state index contributed by atoms with van der Waals surface area (Å²) in [6.45, 7) is 9.65. The highest BCUT2D eigenvalue weighted by atomic mass is 19.4. The molecule has 7 nitrogen and oxygen atoms in total. The highest BCUT2D eigenvalue weighted by Crippen LogP contribution is 2.59. The summed E-state index contributed by atoms with van der Waals surface area (Å²) in [5.41, 5.74) is -5.39. The van der Waals surface area contributed by atoms with Gasteiger partial charge in [0, 0.05) is 6.42 Å². The van der Waals surface area contributed by atoms with Gasteiger partial charge in [0.25, 0.3) is 0 Å². The summed E-state index contributed by atoms with van der Waals surface area (Å²) in [5.74, 6) is -9.60. The molecule has 2 N–H and O–H groups in total. The lowest BCUT2D eigenvalue weighted by Gasteiger charge is -2.59. The smallest absolute Gasteiger partial charge is 0.449 e. The van der Waals surface area contributed by atoms with E-state index in [0.717, 1.165) is 32.1 Å². The van der Waals surface area contributed by atoms with Gasteiger partial charge in [0.15, 0.2) is 0 Å². The molecule has 0 aromatic carbocycles. The Bertz CT molecular complexity index is 980. The van der Waals surface area contributed by atoms with Crippen molar-refractivity contribution >= 4 is 11.9 Å². The van der Waals surface area contributed by atoms with Gasteiger partial charge >= 0.3 is 29.8 Å². The average molecular weight is 587 g/mol. The van der Waals surface area contributed by atoms with Gasteiger partial charge in [-0.25, -0.2) is 0 Å². The van der Waals surface area contributed by atoms with Crippen LogP contribution in [0, 0.1) is 22.7 Å². The second-order valence-electron chi connectivity index (χ2n) is 13.9. The first-order valence-corrected chi connectivity index (χ1v) is 13.9. The number of ether oxygens (including phenoxy) is 3. The molecule has 40 heavy (non-hydrogen) atoms. The zero-order valence-corrected chi connectivity index (χ0v) is 24.3. The third-order valence-corrected chi connectivity index (χ3v) is 9.51. The van der Waals surface area contributed by atoms with E-state index in [0.29, 0.717) is 25.2 Å².